The second-order valence-corrected chi connectivity index (χ2v) is 5.47. The van der Waals surface area contributed by atoms with Crippen molar-refractivity contribution in [1.82, 2.24) is 9.55 Å². The van der Waals surface area contributed by atoms with E-state index in [0.29, 0.717) is 11.1 Å². The molecule has 2 rings (SSSR count). The van der Waals surface area contributed by atoms with Crippen molar-refractivity contribution < 1.29 is 9.90 Å². The Morgan fingerprint density at radius 3 is 2.67 bits per heavy atom. The van der Waals surface area contributed by atoms with Gasteiger partial charge in [0.2, 0.25) is 0 Å². The van der Waals surface area contributed by atoms with Gasteiger partial charge >= 0.3 is 5.97 Å². The molecule has 1 aromatic carbocycles. The minimum atomic E-state index is -0.903. The van der Waals surface area contributed by atoms with E-state index in [9.17, 15) is 9.90 Å². The van der Waals surface area contributed by atoms with Crippen molar-refractivity contribution in [2.75, 3.05) is 0 Å². The average molecular weight is 288 g/mol. The van der Waals surface area contributed by atoms with Crippen LogP contribution in [0, 0.1) is 0 Å². The summed E-state index contributed by atoms with van der Waals surface area (Å²) in [7, 11) is 0. The normalized spacial score (nSPS) is 11.1. The maximum absolute atomic E-state index is 11.3. The van der Waals surface area contributed by atoms with Crippen LogP contribution in [0.25, 0.3) is 11.0 Å². The predicted molar refractivity (Wildman–Crippen MR) is 84.8 cm³/mol. The lowest BCUT2D eigenvalue weighted by molar-refractivity contribution is 0.0699. The van der Waals surface area contributed by atoms with Gasteiger partial charge < -0.3 is 9.67 Å². The third-order valence-corrected chi connectivity index (χ3v) is 3.80. The maximum Gasteiger partial charge on any atom is 0.337 e. The van der Waals surface area contributed by atoms with E-state index >= 15 is 0 Å². The number of aromatic carboxylic acids is 1. The monoisotopic (exact) mass is 288 g/mol. The Morgan fingerprint density at radius 2 is 2.00 bits per heavy atom. The van der Waals surface area contributed by atoms with Crippen LogP contribution in [0.15, 0.2) is 18.2 Å². The van der Waals surface area contributed by atoms with Gasteiger partial charge in [0.05, 0.1) is 11.1 Å². The van der Waals surface area contributed by atoms with Crippen LogP contribution in [-0.2, 0) is 13.0 Å². The summed E-state index contributed by atoms with van der Waals surface area (Å²) in [4.78, 5) is 15.9. The van der Waals surface area contributed by atoms with Crippen LogP contribution in [0.4, 0.5) is 0 Å². The fourth-order valence-electron chi connectivity index (χ4n) is 2.73. The number of carbonyl (C=O) groups is 1. The molecule has 0 bridgehead atoms. The Kier molecular flexibility index (Phi) is 5.37. The molecule has 0 atom stereocenters. The first-order valence-electron chi connectivity index (χ1n) is 7.90. The van der Waals surface area contributed by atoms with E-state index in [1.807, 2.05) is 12.1 Å². The molecule has 1 heterocycles. The lowest BCUT2D eigenvalue weighted by Gasteiger charge is -2.08. The van der Waals surface area contributed by atoms with Crippen molar-refractivity contribution in [3.05, 3.63) is 29.6 Å². The predicted octanol–water partition coefficient (Wildman–Crippen LogP) is 4.27. The highest BCUT2D eigenvalue weighted by atomic mass is 16.4. The van der Waals surface area contributed by atoms with Gasteiger partial charge in [-0.05, 0) is 25.0 Å². The molecule has 0 fully saturated rings. The van der Waals surface area contributed by atoms with E-state index < -0.39 is 5.97 Å². The molecule has 0 aliphatic rings. The smallest absolute Gasteiger partial charge is 0.337 e. The molecule has 0 unspecified atom stereocenters. The molecule has 21 heavy (non-hydrogen) atoms. The molecule has 0 radical (unpaired) electrons. The number of hydrogen-bond donors (Lipinski definition) is 1. The van der Waals surface area contributed by atoms with Gasteiger partial charge in [-0.15, -0.1) is 0 Å². The van der Waals surface area contributed by atoms with Crippen LogP contribution in [0.3, 0.4) is 0 Å². The van der Waals surface area contributed by atoms with Gasteiger partial charge in [0.1, 0.15) is 11.3 Å². The largest absolute Gasteiger partial charge is 0.478 e. The summed E-state index contributed by atoms with van der Waals surface area (Å²) in [5.74, 6) is 0.108. The zero-order chi connectivity index (χ0) is 15.2. The minimum Gasteiger partial charge on any atom is -0.478 e. The molecule has 0 spiro atoms. The molecule has 0 amide bonds. The van der Waals surface area contributed by atoms with Gasteiger partial charge in [0.25, 0.3) is 0 Å². The summed E-state index contributed by atoms with van der Waals surface area (Å²) >= 11 is 0. The quantitative estimate of drug-likeness (QED) is 0.738. The zero-order valence-corrected chi connectivity index (χ0v) is 12.9. The second-order valence-electron chi connectivity index (χ2n) is 5.47. The van der Waals surface area contributed by atoms with Crippen molar-refractivity contribution in [1.29, 1.82) is 0 Å². The number of rotatable bonds is 8. The molecule has 0 aliphatic heterocycles. The number of imidazole rings is 1. The highest BCUT2D eigenvalue weighted by Crippen LogP contribution is 2.22. The molecule has 4 heteroatoms. The number of nitrogens with zero attached hydrogens (tertiary/aromatic N) is 2. The standard InChI is InChI=1S/C17H24N2O2/c1-3-5-6-7-12-19-14-11-8-10-13(17(20)21)16(14)18-15(19)9-4-2/h8,10-11H,3-7,9,12H2,1-2H3,(H,20,21). The number of carboxylic acids is 1. The summed E-state index contributed by atoms with van der Waals surface area (Å²) < 4.78 is 2.21. The van der Waals surface area contributed by atoms with Gasteiger partial charge in [-0.1, -0.05) is 39.2 Å². The first-order chi connectivity index (χ1) is 10.2. The third-order valence-electron chi connectivity index (χ3n) is 3.80. The highest BCUT2D eigenvalue weighted by Gasteiger charge is 2.16. The van der Waals surface area contributed by atoms with Crippen molar-refractivity contribution >= 4 is 17.0 Å². The summed E-state index contributed by atoms with van der Waals surface area (Å²) in [5, 5.41) is 9.31. The van der Waals surface area contributed by atoms with Crippen LogP contribution in [0.1, 0.15) is 62.1 Å². The van der Waals surface area contributed by atoms with Crippen LogP contribution < -0.4 is 0 Å². The number of unbranched alkanes of at least 4 members (excludes halogenated alkanes) is 3. The molecule has 2 aromatic rings. The molecule has 0 saturated carbocycles. The molecule has 4 nitrogen and oxygen atoms in total. The van der Waals surface area contributed by atoms with Crippen molar-refractivity contribution in [3.63, 3.8) is 0 Å². The van der Waals surface area contributed by atoms with Crippen molar-refractivity contribution in [2.24, 2.45) is 0 Å². The van der Waals surface area contributed by atoms with E-state index in [1.165, 1.54) is 19.3 Å². The molecule has 0 aliphatic carbocycles. The molecule has 1 N–H and O–H groups in total. The van der Waals surface area contributed by atoms with Gasteiger partial charge in [-0.3, -0.25) is 0 Å². The molecular weight excluding hydrogens is 264 g/mol. The lowest BCUT2D eigenvalue weighted by Crippen LogP contribution is -2.04. The first kappa shape index (κ1) is 15.5. The lowest BCUT2D eigenvalue weighted by atomic mass is 10.2. The second kappa shape index (κ2) is 7.25. The van der Waals surface area contributed by atoms with Crippen LogP contribution in [0.5, 0.6) is 0 Å². The number of aryl methyl sites for hydroxylation is 2. The number of fused-ring (bicyclic) bond motifs is 1. The fourth-order valence-corrected chi connectivity index (χ4v) is 2.73. The Labute approximate surface area is 125 Å². The topological polar surface area (TPSA) is 55.1 Å². The number of carboxylic acid groups (broad SMARTS) is 1. The Bertz CT molecular complexity index is 617. The maximum atomic E-state index is 11.3. The van der Waals surface area contributed by atoms with Crippen molar-refractivity contribution in [2.45, 2.75) is 58.9 Å². The highest BCUT2D eigenvalue weighted by molar-refractivity contribution is 6.01. The summed E-state index contributed by atoms with van der Waals surface area (Å²) in [6.45, 7) is 5.25. The Hall–Kier alpha value is -1.84. The number of aromatic nitrogens is 2. The number of benzene rings is 1. The average Bonchev–Trinajstić information content (AvgIpc) is 2.81. The molecule has 114 valence electrons. The van der Waals surface area contributed by atoms with Gasteiger partial charge in [-0.25, -0.2) is 9.78 Å². The zero-order valence-electron chi connectivity index (χ0n) is 12.9. The molecule has 1 aromatic heterocycles. The van der Waals surface area contributed by atoms with Crippen LogP contribution in [0.2, 0.25) is 0 Å². The van der Waals surface area contributed by atoms with E-state index in [0.717, 1.165) is 37.1 Å². The minimum absolute atomic E-state index is 0.303. The summed E-state index contributed by atoms with van der Waals surface area (Å²) in [6, 6.07) is 5.42. The number of hydrogen-bond acceptors (Lipinski definition) is 2. The molecule has 0 saturated heterocycles. The fraction of sp³-hybridized carbons (Fsp3) is 0.529. The van der Waals surface area contributed by atoms with Crippen LogP contribution in [-0.4, -0.2) is 20.6 Å². The van der Waals surface area contributed by atoms with Gasteiger partial charge in [0.15, 0.2) is 0 Å². The van der Waals surface area contributed by atoms with Gasteiger partial charge in [-0.2, -0.15) is 0 Å². The van der Waals surface area contributed by atoms with E-state index in [-0.39, 0.29) is 0 Å². The van der Waals surface area contributed by atoms with Crippen LogP contribution >= 0.6 is 0 Å². The third kappa shape index (κ3) is 3.43. The first-order valence-corrected chi connectivity index (χ1v) is 7.90. The Balaban J connectivity index is 2.38. The SMILES string of the molecule is CCCCCCn1c(CCC)nc2c(C(=O)O)cccc21. The Morgan fingerprint density at radius 1 is 1.19 bits per heavy atom. The number of para-hydroxylation sites is 1. The van der Waals surface area contributed by atoms with E-state index in [1.54, 1.807) is 6.07 Å². The van der Waals surface area contributed by atoms with Gasteiger partial charge in [0, 0.05) is 13.0 Å². The van der Waals surface area contributed by atoms with E-state index in [2.05, 4.69) is 23.4 Å². The summed E-state index contributed by atoms with van der Waals surface area (Å²) in [5.41, 5.74) is 1.89. The van der Waals surface area contributed by atoms with Crippen molar-refractivity contribution in [3.8, 4) is 0 Å². The molecular formula is C17H24N2O2. The summed E-state index contributed by atoms with van der Waals surface area (Å²) in [6.07, 6.45) is 6.70. The van der Waals surface area contributed by atoms with E-state index in [4.69, 9.17) is 0 Å².